The van der Waals surface area contributed by atoms with Crippen molar-refractivity contribution in [1.82, 2.24) is 0 Å². The lowest BCUT2D eigenvalue weighted by Crippen LogP contribution is -2.24. The molecular weight excluding hydrogens is 276 g/mol. The molecule has 1 fully saturated rings. The monoisotopic (exact) mass is 298 g/mol. The number of thiophene rings is 1. The minimum Gasteiger partial charge on any atom is -0.492 e. The van der Waals surface area contributed by atoms with Crippen LogP contribution in [0.1, 0.15) is 36.4 Å². The lowest BCUT2D eigenvalue weighted by molar-refractivity contribution is 0.0533. The Kier molecular flexibility index (Phi) is 4.75. The summed E-state index contributed by atoms with van der Waals surface area (Å²) in [6, 6.07) is 0. The van der Waals surface area contributed by atoms with Crippen LogP contribution < -0.4 is 15.4 Å². The number of anilines is 2. The first-order valence-electron chi connectivity index (χ1n) is 7.00. The van der Waals surface area contributed by atoms with Crippen molar-refractivity contribution in [1.29, 1.82) is 0 Å². The molecule has 2 N–H and O–H groups in total. The maximum atomic E-state index is 11.9. The van der Waals surface area contributed by atoms with Crippen LogP contribution in [0.2, 0.25) is 0 Å². The Hall–Kier alpha value is -1.43. The number of nitrogens with two attached hydrogens (primary N) is 1. The summed E-state index contributed by atoms with van der Waals surface area (Å²) in [5, 5.41) is 0.933. The van der Waals surface area contributed by atoms with E-state index in [1.54, 1.807) is 14.0 Å². The molecule has 0 bridgehead atoms. The number of hydrogen-bond acceptors (Lipinski definition) is 6. The molecule has 0 spiro atoms. The van der Waals surface area contributed by atoms with E-state index in [9.17, 15) is 4.79 Å². The largest absolute Gasteiger partial charge is 0.492 e. The number of carbonyl (C=O) groups is 1. The molecule has 5 nitrogen and oxygen atoms in total. The quantitative estimate of drug-likeness (QED) is 0.784. The van der Waals surface area contributed by atoms with Crippen LogP contribution in [-0.2, 0) is 4.74 Å². The van der Waals surface area contributed by atoms with Gasteiger partial charge in [-0.05, 0) is 32.6 Å². The van der Waals surface area contributed by atoms with E-state index >= 15 is 0 Å². The van der Waals surface area contributed by atoms with Crippen LogP contribution in [0.15, 0.2) is 0 Å². The predicted molar refractivity (Wildman–Crippen MR) is 81.9 cm³/mol. The Morgan fingerprint density at radius 2 is 2.15 bits per heavy atom. The molecular formula is C14H22N2O3S. The highest BCUT2D eigenvalue weighted by atomic mass is 32.1. The maximum Gasteiger partial charge on any atom is 0.350 e. The van der Waals surface area contributed by atoms with Gasteiger partial charge in [-0.2, -0.15) is 0 Å². The van der Waals surface area contributed by atoms with Crippen LogP contribution in [0.4, 0.5) is 10.7 Å². The molecule has 1 heterocycles. The van der Waals surface area contributed by atoms with E-state index < -0.39 is 0 Å². The summed E-state index contributed by atoms with van der Waals surface area (Å²) < 4.78 is 10.5. The number of methoxy groups -OCH3 is 1. The maximum absolute atomic E-state index is 11.9. The van der Waals surface area contributed by atoms with Gasteiger partial charge < -0.3 is 20.1 Å². The lowest BCUT2D eigenvalue weighted by Gasteiger charge is -2.22. The Morgan fingerprint density at radius 1 is 1.45 bits per heavy atom. The summed E-state index contributed by atoms with van der Waals surface area (Å²) in [7, 11) is 1.59. The smallest absolute Gasteiger partial charge is 0.350 e. The second kappa shape index (κ2) is 6.35. The normalized spacial score (nSPS) is 14.2. The summed E-state index contributed by atoms with van der Waals surface area (Å²) in [5.41, 5.74) is 6.43. The van der Waals surface area contributed by atoms with Crippen LogP contribution in [0, 0.1) is 5.92 Å². The molecule has 6 heteroatoms. The molecule has 2 rings (SSSR count). The third-order valence-corrected chi connectivity index (χ3v) is 4.62. The second-order valence-corrected chi connectivity index (χ2v) is 5.88. The van der Waals surface area contributed by atoms with Gasteiger partial charge in [0.25, 0.3) is 0 Å². The standard InChI is InChI=1S/C14H22N2O3S/c1-4-16(8-9-6-7-9)13-11(18-3)10(15)12(20-13)14(17)19-5-2/h9H,4-8,15H2,1-3H3. The minimum atomic E-state index is -0.373. The van der Waals surface area contributed by atoms with E-state index in [0.717, 1.165) is 24.0 Å². The van der Waals surface area contributed by atoms with Crippen molar-refractivity contribution < 1.29 is 14.3 Å². The molecule has 0 aliphatic heterocycles. The SMILES string of the molecule is CCOC(=O)c1sc(N(CC)CC2CC2)c(OC)c1N. The fourth-order valence-corrected chi connectivity index (χ4v) is 3.29. The summed E-state index contributed by atoms with van der Waals surface area (Å²) in [6.45, 7) is 6.09. The summed E-state index contributed by atoms with van der Waals surface area (Å²) in [6.07, 6.45) is 2.56. The topological polar surface area (TPSA) is 64.8 Å². The summed E-state index contributed by atoms with van der Waals surface area (Å²) in [5.74, 6) is 0.983. The fourth-order valence-electron chi connectivity index (χ4n) is 2.14. The molecule has 0 unspecified atom stereocenters. The minimum absolute atomic E-state index is 0.341. The van der Waals surface area contributed by atoms with Gasteiger partial charge in [0.15, 0.2) is 5.75 Å². The number of carbonyl (C=O) groups excluding carboxylic acids is 1. The van der Waals surface area contributed by atoms with Crippen molar-refractivity contribution in [2.45, 2.75) is 26.7 Å². The Morgan fingerprint density at radius 3 is 2.65 bits per heavy atom. The number of nitrogens with zero attached hydrogens (tertiary/aromatic N) is 1. The van der Waals surface area contributed by atoms with Gasteiger partial charge in [0, 0.05) is 13.1 Å². The van der Waals surface area contributed by atoms with Gasteiger partial charge in [0.05, 0.1) is 13.7 Å². The molecule has 0 amide bonds. The Bertz CT molecular complexity index is 483. The van der Waals surface area contributed by atoms with Gasteiger partial charge >= 0.3 is 5.97 Å². The molecule has 1 aliphatic carbocycles. The molecule has 20 heavy (non-hydrogen) atoms. The van der Waals surface area contributed by atoms with Crippen LogP contribution >= 0.6 is 11.3 Å². The molecule has 112 valence electrons. The van der Waals surface area contributed by atoms with Gasteiger partial charge in [0.2, 0.25) is 0 Å². The summed E-state index contributed by atoms with van der Waals surface area (Å²) in [4.78, 5) is 14.6. The van der Waals surface area contributed by atoms with E-state index in [1.165, 1.54) is 24.2 Å². The van der Waals surface area contributed by atoms with Crippen molar-refractivity contribution >= 4 is 28.0 Å². The molecule has 0 atom stereocenters. The number of rotatable bonds is 7. The van der Waals surface area contributed by atoms with Gasteiger partial charge in [-0.3, -0.25) is 0 Å². The highest BCUT2D eigenvalue weighted by molar-refractivity contribution is 7.19. The van der Waals surface area contributed by atoms with Crippen LogP contribution in [0.3, 0.4) is 0 Å². The molecule has 1 saturated carbocycles. The molecule has 0 aromatic carbocycles. The van der Waals surface area contributed by atoms with Crippen molar-refractivity contribution in [3.05, 3.63) is 4.88 Å². The van der Waals surface area contributed by atoms with Gasteiger partial charge in [-0.15, -0.1) is 11.3 Å². The summed E-state index contributed by atoms with van der Waals surface area (Å²) >= 11 is 1.36. The Balaban J connectivity index is 2.30. The molecule has 0 saturated heterocycles. The van der Waals surface area contributed by atoms with E-state index in [2.05, 4.69) is 11.8 Å². The lowest BCUT2D eigenvalue weighted by atomic mass is 10.3. The van der Waals surface area contributed by atoms with E-state index in [-0.39, 0.29) is 5.97 Å². The van der Waals surface area contributed by atoms with Crippen LogP contribution in [0.25, 0.3) is 0 Å². The number of ether oxygens (including phenoxy) is 2. The van der Waals surface area contributed by atoms with Gasteiger partial charge in [0.1, 0.15) is 15.6 Å². The van der Waals surface area contributed by atoms with E-state index in [4.69, 9.17) is 15.2 Å². The predicted octanol–water partition coefficient (Wildman–Crippen LogP) is 2.75. The van der Waals surface area contributed by atoms with Gasteiger partial charge in [-0.25, -0.2) is 4.79 Å². The molecule has 1 aliphatic rings. The Labute approximate surface area is 123 Å². The number of esters is 1. The first-order chi connectivity index (χ1) is 9.62. The molecule has 1 aromatic rings. The van der Waals surface area contributed by atoms with Gasteiger partial charge in [-0.1, -0.05) is 0 Å². The van der Waals surface area contributed by atoms with E-state index in [1.807, 2.05) is 0 Å². The zero-order chi connectivity index (χ0) is 14.7. The average Bonchev–Trinajstić information content (AvgIpc) is 3.19. The number of nitrogen functional groups attached to an aromatic ring is 1. The first-order valence-corrected chi connectivity index (χ1v) is 7.82. The van der Waals surface area contributed by atoms with Crippen molar-refractivity contribution in [3.8, 4) is 5.75 Å². The zero-order valence-corrected chi connectivity index (χ0v) is 13.1. The third-order valence-electron chi connectivity index (χ3n) is 3.39. The van der Waals surface area contributed by atoms with Crippen molar-refractivity contribution in [2.75, 3.05) is 37.4 Å². The third kappa shape index (κ3) is 3.00. The van der Waals surface area contributed by atoms with E-state index in [0.29, 0.717) is 22.9 Å². The fraction of sp³-hybridized carbons (Fsp3) is 0.643. The number of hydrogen-bond donors (Lipinski definition) is 1. The zero-order valence-electron chi connectivity index (χ0n) is 12.3. The van der Waals surface area contributed by atoms with Crippen LogP contribution in [-0.4, -0.2) is 32.8 Å². The molecule has 0 radical (unpaired) electrons. The highest BCUT2D eigenvalue weighted by Crippen LogP contribution is 2.46. The molecule has 1 aromatic heterocycles. The first kappa shape index (κ1) is 15.0. The highest BCUT2D eigenvalue weighted by Gasteiger charge is 2.29. The average molecular weight is 298 g/mol. The van der Waals surface area contributed by atoms with Crippen molar-refractivity contribution in [2.24, 2.45) is 5.92 Å². The van der Waals surface area contributed by atoms with Crippen molar-refractivity contribution in [3.63, 3.8) is 0 Å². The second-order valence-electron chi connectivity index (χ2n) is 4.89. The van der Waals surface area contributed by atoms with Crippen LogP contribution in [0.5, 0.6) is 5.75 Å².